The molecule has 160 valence electrons. The molecular weight excluding hydrogens is 421 g/mol. The molecule has 0 aliphatic rings. The van der Waals surface area contributed by atoms with E-state index in [9.17, 15) is 22.4 Å². The van der Waals surface area contributed by atoms with E-state index in [1.165, 1.54) is 49.4 Å². The van der Waals surface area contributed by atoms with E-state index in [1.54, 1.807) is 24.3 Å². The largest absolute Gasteiger partial charge is 0.348 e. The van der Waals surface area contributed by atoms with Crippen molar-refractivity contribution in [3.63, 3.8) is 0 Å². The number of carbonyl (C=O) groups excluding carboxylic acids is 2. The summed E-state index contributed by atoms with van der Waals surface area (Å²) in [6.45, 7) is 1.68. The maximum atomic E-state index is 13.7. The summed E-state index contributed by atoms with van der Waals surface area (Å²) in [5, 5.41) is 5.40. The lowest BCUT2D eigenvalue weighted by atomic mass is 10.2. The van der Waals surface area contributed by atoms with Crippen molar-refractivity contribution in [2.45, 2.75) is 18.4 Å². The van der Waals surface area contributed by atoms with E-state index >= 15 is 0 Å². The first-order valence-corrected chi connectivity index (χ1v) is 10.7. The molecule has 0 saturated carbocycles. The van der Waals surface area contributed by atoms with Crippen molar-refractivity contribution < 1.29 is 22.4 Å². The predicted molar refractivity (Wildman–Crippen MR) is 116 cm³/mol. The van der Waals surface area contributed by atoms with E-state index in [4.69, 9.17) is 0 Å². The molecule has 2 amide bonds. The summed E-state index contributed by atoms with van der Waals surface area (Å²) in [5.74, 6) is -1.24. The van der Waals surface area contributed by atoms with Crippen molar-refractivity contribution in [1.82, 2.24) is 5.32 Å². The lowest BCUT2D eigenvalue weighted by molar-refractivity contribution is -0.114. The van der Waals surface area contributed by atoms with Gasteiger partial charge in [-0.15, -0.1) is 0 Å². The zero-order valence-electron chi connectivity index (χ0n) is 16.6. The molecule has 0 aliphatic heterocycles. The quantitative estimate of drug-likeness (QED) is 0.522. The first kappa shape index (κ1) is 22.0. The summed E-state index contributed by atoms with van der Waals surface area (Å²) >= 11 is 0. The van der Waals surface area contributed by atoms with Gasteiger partial charge in [-0.3, -0.25) is 14.3 Å². The number of hydrogen-bond acceptors (Lipinski definition) is 4. The topological polar surface area (TPSA) is 104 Å². The SMILES string of the molecule is CC(=O)Nc1ccc(CNC(=O)c2ccc(S(=O)(=O)Nc3ccccc3F)cc2)cc1. The van der Waals surface area contributed by atoms with Gasteiger partial charge in [0, 0.05) is 24.7 Å². The van der Waals surface area contributed by atoms with E-state index in [-0.39, 0.29) is 34.5 Å². The van der Waals surface area contributed by atoms with Gasteiger partial charge in [0.1, 0.15) is 5.82 Å². The van der Waals surface area contributed by atoms with Crippen LogP contribution >= 0.6 is 0 Å². The van der Waals surface area contributed by atoms with Gasteiger partial charge in [0.2, 0.25) is 5.91 Å². The molecule has 0 bridgehead atoms. The Kier molecular flexibility index (Phi) is 6.66. The molecule has 0 atom stereocenters. The molecule has 0 fully saturated rings. The average molecular weight is 441 g/mol. The highest BCUT2D eigenvalue weighted by Crippen LogP contribution is 2.19. The van der Waals surface area contributed by atoms with Gasteiger partial charge in [0.05, 0.1) is 10.6 Å². The van der Waals surface area contributed by atoms with E-state index in [2.05, 4.69) is 15.4 Å². The standard InChI is InChI=1S/C22H20FN3O4S/c1-15(27)25-18-10-6-16(7-11-18)14-24-22(28)17-8-12-19(13-9-17)31(29,30)26-21-5-3-2-4-20(21)23/h2-13,26H,14H2,1H3,(H,24,28)(H,25,27). The predicted octanol–water partition coefficient (Wildman–Crippen LogP) is 3.51. The van der Waals surface area contributed by atoms with Crippen LogP contribution in [0.1, 0.15) is 22.8 Å². The molecule has 0 radical (unpaired) electrons. The molecule has 0 aliphatic carbocycles. The van der Waals surface area contributed by atoms with Crippen LogP contribution in [0.3, 0.4) is 0 Å². The second-order valence-electron chi connectivity index (χ2n) is 6.67. The monoisotopic (exact) mass is 441 g/mol. The Morgan fingerprint density at radius 2 is 1.55 bits per heavy atom. The minimum Gasteiger partial charge on any atom is -0.348 e. The van der Waals surface area contributed by atoms with Gasteiger partial charge < -0.3 is 10.6 Å². The summed E-state index contributed by atoms with van der Waals surface area (Å²) in [6, 6.07) is 17.8. The number of hydrogen-bond donors (Lipinski definition) is 3. The molecule has 3 aromatic carbocycles. The smallest absolute Gasteiger partial charge is 0.261 e. The molecule has 3 rings (SSSR count). The van der Waals surface area contributed by atoms with Crippen LogP contribution in [0.5, 0.6) is 0 Å². The molecular formula is C22H20FN3O4S. The first-order chi connectivity index (χ1) is 14.7. The van der Waals surface area contributed by atoms with Crippen molar-refractivity contribution in [2.75, 3.05) is 10.0 Å². The zero-order valence-corrected chi connectivity index (χ0v) is 17.4. The van der Waals surface area contributed by atoms with Crippen LogP contribution in [0.2, 0.25) is 0 Å². The number of rotatable bonds is 7. The number of para-hydroxylation sites is 1. The fourth-order valence-corrected chi connectivity index (χ4v) is 3.79. The van der Waals surface area contributed by atoms with Crippen LogP contribution in [-0.2, 0) is 21.4 Å². The number of carbonyl (C=O) groups is 2. The molecule has 0 spiro atoms. The Hall–Kier alpha value is -3.72. The highest BCUT2D eigenvalue weighted by Gasteiger charge is 2.17. The molecule has 0 aromatic heterocycles. The van der Waals surface area contributed by atoms with Crippen LogP contribution < -0.4 is 15.4 Å². The third-order valence-electron chi connectivity index (χ3n) is 4.27. The van der Waals surface area contributed by atoms with Crippen LogP contribution in [0.25, 0.3) is 0 Å². The highest BCUT2D eigenvalue weighted by atomic mass is 32.2. The maximum absolute atomic E-state index is 13.7. The fourth-order valence-electron chi connectivity index (χ4n) is 2.73. The molecule has 3 N–H and O–H groups in total. The Labute approximate surface area is 179 Å². The first-order valence-electron chi connectivity index (χ1n) is 9.27. The Bertz CT molecular complexity index is 1190. The molecule has 0 unspecified atom stereocenters. The van der Waals surface area contributed by atoms with E-state index in [0.717, 1.165) is 11.6 Å². The summed E-state index contributed by atoms with van der Waals surface area (Å²) in [6.07, 6.45) is 0. The average Bonchev–Trinajstić information content (AvgIpc) is 2.74. The molecule has 0 heterocycles. The molecule has 3 aromatic rings. The van der Waals surface area contributed by atoms with E-state index in [0.29, 0.717) is 5.69 Å². The number of benzene rings is 3. The van der Waals surface area contributed by atoms with Gasteiger partial charge >= 0.3 is 0 Å². The van der Waals surface area contributed by atoms with Gasteiger partial charge in [0.15, 0.2) is 0 Å². The van der Waals surface area contributed by atoms with Crippen LogP contribution in [-0.4, -0.2) is 20.2 Å². The number of halogens is 1. The summed E-state index contributed by atoms with van der Waals surface area (Å²) in [4.78, 5) is 23.3. The second-order valence-corrected chi connectivity index (χ2v) is 8.35. The third kappa shape index (κ3) is 5.89. The zero-order chi connectivity index (χ0) is 22.4. The van der Waals surface area contributed by atoms with Gasteiger partial charge in [-0.1, -0.05) is 24.3 Å². The lowest BCUT2D eigenvalue weighted by Crippen LogP contribution is -2.23. The third-order valence-corrected chi connectivity index (χ3v) is 5.65. The van der Waals surface area contributed by atoms with Crippen molar-refractivity contribution in [2.24, 2.45) is 0 Å². The number of sulfonamides is 1. The fraction of sp³-hybridized carbons (Fsp3) is 0.0909. The molecule has 7 nitrogen and oxygen atoms in total. The number of anilines is 2. The minimum atomic E-state index is -4.00. The molecule has 31 heavy (non-hydrogen) atoms. The van der Waals surface area contributed by atoms with Gasteiger partial charge in [-0.05, 0) is 54.1 Å². The van der Waals surface area contributed by atoms with Gasteiger partial charge in [-0.25, -0.2) is 12.8 Å². The maximum Gasteiger partial charge on any atom is 0.261 e. The van der Waals surface area contributed by atoms with Crippen LogP contribution in [0, 0.1) is 5.82 Å². The van der Waals surface area contributed by atoms with Crippen LogP contribution in [0.15, 0.2) is 77.7 Å². The minimum absolute atomic E-state index is 0.0964. The van der Waals surface area contributed by atoms with Gasteiger partial charge in [-0.2, -0.15) is 0 Å². The van der Waals surface area contributed by atoms with E-state index < -0.39 is 15.8 Å². The lowest BCUT2D eigenvalue weighted by Gasteiger charge is -2.10. The Balaban J connectivity index is 1.62. The van der Waals surface area contributed by atoms with E-state index in [1.807, 2.05) is 0 Å². The second kappa shape index (κ2) is 9.40. The van der Waals surface area contributed by atoms with Crippen molar-refractivity contribution in [3.05, 3.63) is 89.7 Å². The van der Waals surface area contributed by atoms with Crippen molar-refractivity contribution in [1.29, 1.82) is 0 Å². The Morgan fingerprint density at radius 3 is 2.16 bits per heavy atom. The molecule has 9 heteroatoms. The van der Waals surface area contributed by atoms with Gasteiger partial charge in [0.25, 0.3) is 15.9 Å². The molecule has 0 saturated heterocycles. The number of amides is 2. The highest BCUT2D eigenvalue weighted by molar-refractivity contribution is 7.92. The Morgan fingerprint density at radius 1 is 0.903 bits per heavy atom. The number of nitrogens with one attached hydrogen (secondary N) is 3. The normalized spacial score (nSPS) is 10.9. The van der Waals surface area contributed by atoms with Crippen molar-refractivity contribution in [3.8, 4) is 0 Å². The summed E-state index contributed by atoms with van der Waals surface area (Å²) in [7, 11) is -4.00. The van der Waals surface area contributed by atoms with Crippen LogP contribution in [0.4, 0.5) is 15.8 Å². The summed E-state index contributed by atoms with van der Waals surface area (Å²) in [5.41, 5.74) is 1.60. The summed E-state index contributed by atoms with van der Waals surface area (Å²) < 4.78 is 40.8. The van der Waals surface area contributed by atoms with Crippen molar-refractivity contribution >= 4 is 33.2 Å².